The molecule has 0 saturated heterocycles. The van der Waals surface area contributed by atoms with Gasteiger partial charge in [0.2, 0.25) is 0 Å². The summed E-state index contributed by atoms with van der Waals surface area (Å²) < 4.78 is 5.87. The summed E-state index contributed by atoms with van der Waals surface area (Å²) in [5.74, 6) is 0.772. The Labute approximate surface area is 164 Å². The van der Waals surface area contributed by atoms with E-state index in [1.807, 2.05) is 24.3 Å². The van der Waals surface area contributed by atoms with Crippen molar-refractivity contribution >= 4 is 11.6 Å². The first-order valence-corrected chi connectivity index (χ1v) is 9.49. The van der Waals surface area contributed by atoms with Crippen LogP contribution < -0.4 is 4.74 Å². The molecule has 0 spiro atoms. The molecule has 1 aliphatic heterocycles. The predicted molar refractivity (Wildman–Crippen MR) is 109 cm³/mol. The molecule has 0 radical (unpaired) electrons. The van der Waals surface area contributed by atoms with E-state index in [1.165, 1.54) is 11.1 Å². The molecule has 0 aliphatic carbocycles. The predicted octanol–water partition coefficient (Wildman–Crippen LogP) is 5.42. The van der Waals surface area contributed by atoms with Gasteiger partial charge in [-0.15, -0.1) is 0 Å². The van der Waals surface area contributed by atoms with Crippen molar-refractivity contribution in [1.29, 1.82) is 0 Å². The fraction of sp³-hybridized carbons (Fsp3) is 0.217. The zero-order valence-corrected chi connectivity index (χ0v) is 16.0. The van der Waals surface area contributed by atoms with Gasteiger partial charge in [0.05, 0.1) is 0 Å². The first-order chi connectivity index (χ1) is 13.1. The molecular formula is C23H22ClNO2. The van der Waals surface area contributed by atoms with Gasteiger partial charge in [-0.25, -0.2) is 0 Å². The van der Waals surface area contributed by atoms with Gasteiger partial charge in [-0.1, -0.05) is 48.0 Å². The Morgan fingerprint density at radius 2 is 1.89 bits per heavy atom. The monoisotopic (exact) mass is 379 g/mol. The molecule has 0 amide bonds. The standard InChI is InChI=1S/C23H22ClNO2/c1-16-5-2-3-6-18(16)14-25-9-10-27-23-20(15-25)11-19(13-22(23)26)17-7-4-8-21(24)12-17/h2-8,11-13,26H,9-10,14-15H2,1H3. The van der Waals surface area contributed by atoms with Crippen molar-refractivity contribution in [1.82, 2.24) is 4.90 Å². The van der Waals surface area contributed by atoms with Crippen LogP contribution in [0.1, 0.15) is 16.7 Å². The van der Waals surface area contributed by atoms with Gasteiger partial charge < -0.3 is 9.84 Å². The summed E-state index contributed by atoms with van der Waals surface area (Å²) in [4.78, 5) is 2.36. The van der Waals surface area contributed by atoms with Gasteiger partial charge >= 0.3 is 0 Å². The Bertz CT molecular complexity index is 970. The molecule has 1 heterocycles. The van der Waals surface area contributed by atoms with Gasteiger partial charge in [0.1, 0.15) is 6.61 Å². The molecule has 0 saturated carbocycles. The van der Waals surface area contributed by atoms with Crippen LogP contribution in [-0.4, -0.2) is 23.2 Å². The van der Waals surface area contributed by atoms with Crippen LogP contribution in [0, 0.1) is 6.92 Å². The zero-order chi connectivity index (χ0) is 18.8. The lowest BCUT2D eigenvalue weighted by atomic mass is 10.0. The quantitative estimate of drug-likeness (QED) is 0.659. The summed E-state index contributed by atoms with van der Waals surface area (Å²) in [5.41, 5.74) is 5.52. The molecule has 1 N–H and O–H groups in total. The van der Waals surface area contributed by atoms with Crippen LogP contribution in [0.15, 0.2) is 60.7 Å². The number of fused-ring (bicyclic) bond motifs is 1. The number of phenols is 1. The number of hydrogen-bond acceptors (Lipinski definition) is 3. The van der Waals surface area contributed by atoms with Crippen LogP contribution in [0.25, 0.3) is 11.1 Å². The largest absolute Gasteiger partial charge is 0.504 e. The van der Waals surface area contributed by atoms with Crippen molar-refractivity contribution in [3.63, 3.8) is 0 Å². The minimum absolute atomic E-state index is 0.181. The number of ether oxygens (including phenoxy) is 1. The lowest BCUT2D eigenvalue weighted by Crippen LogP contribution is -2.25. The zero-order valence-electron chi connectivity index (χ0n) is 15.3. The molecule has 138 valence electrons. The maximum Gasteiger partial charge on any atom is 0.165 e. The Balaban J connectivity index is 1.66. The normalized spacial score (nSPS) is 14.3. The third-order valence-corrected chi connectivity index (χ3v) is 5.24. The summed E-state index contributed by atoms with van der Waals surface area (Å²) >= 11 is 6.14. The van der Waals surface area contributed by atoms with Gasteiger partial charge in [0, 0.05) is 30.2 Å². The average molecular weight is 380 g/mol. The topological polar surface area (TPSA) is 32.7 Å². The Morgan fingerprint density at radius 3 is 2.70 bits per heavy atom. The molecule has 0 unspecified atom stereocenters. The molecular weight excluding hydrogens is 358 g/mol. The minimum atomic E-state index is 0.181. The minimum Gasteiger partial charge on any atom is -0.504 e. The summed E-state index contributed by atoms with van der Waals surface area (Å²) in [6.45, 7) is 5.10. The Hall–Kier alpha value is -2.49. The maximum absolute atomic E-state index is 10.5. The number of aromatic hydroxyl groups is 1. The van der Waals surface area contributed by atoms with E-state index in [1.54, 1.807) is 6.07 Å². The molecule has 3 nitrogen and oxygen atoms in total. The number of aryl methyl sites for hydroxylation is 1. The van der Waals surface area contributed by atoms with Crippen molar-refractivity contribution in [3.05, 3.63) is 82.4 Å². The van der Waals surface area contributed by atoms with Crippen molar-refractivity contribution in [2.75, 3.05) is 13.2 Å². The van der Waals surface area contributed by atoms with Gasteiger partial charge in [-0.2, -0.15) is 0 Å². The second-order valence-electron chi connectivity index (χ2n) is 6.98. The van der Waals surface area contributed by atoms with E-state index in [2.05, 4.69) is 42.2 Å². The Kier molecular flexibility index (Phi) is 5.06. The number of rotatable bonds is 3. The number of halogens is 1. The van der Waals surface area contributed by atoms with Crippen LogP contribution in [0.2, 0.25) is 5.02 Å². The summed E-state index contributed by atoms with van der Waals surface area (Å²) in [6.07, 6.45) is 0. The third kappa shape index (κ3) is 3.95. The molecule has 1 aliphatic rings. The van der Waals surface area contributed by atoms with E-state index in [9.17, 15) is 5.11 Å². The molecule has 3 aromatic rings. The first kappa shape index (κ1) is 17.9. The number of nitrogens with zero attached hydrogens (tertiary/aromatic N) is 1. The lowest BCUT2D eigenvalue weighted by molar-refractivity contribution is 0.217. The summed E-state index contributed by atoms with van der Waals surface area (Å²) in [7, 11) is 0. The number of hydrogen-bond donors (Lipinski definition) is 1. The highest BCUT2D eigenvalue weighted by Crippen LogP contribution is 2.38. The smallest absolute Gasteiger partial charge is 0.165 e. The van der Waals surface area contributed by atoms with Gasteiger partial charge in [0.15, 0.2) is 11.5 Å². The van der Waals surface area contributed by atoms with Crippen LogP contribution in [-0.2, 0) is 13.1 Å². The van der Waals surface area contributed by atoms with E-state index in [-0.39, 0.29) is 5.75 Å². The molecule has 0 fully saturated rings. The second-order valence-corrected chi connectivity index (χ2v) is 7.42. The van der Waals surface area contributed by atoms with Crippen molar-refractivity contribution in [2.24, 2.45) is 0 Å². The summed E-state index contributed by atoms with van der Waals surface area (Å²) in [5, 5.41) is 11.2. The van der Waals surface area contributed by atoms with E-state index < -0.39 is 0 Å². The van der Waals surface area contributed by atoms with E-state index in [0.29, 0.717) is 17.4 Å². The SMILES string of the molecule is Cc1ccccc1CN1CCOc2c(O)cc(-c3cccc(Cl)c3)cc2C1. The number of phenolic OH excluding ortho intramolecular Hbond substituents is 1. The molecule has 3 aromatic carbocycles. The first-order valence-electron chi connectivity index (χ1n) is 9.11. The maximum atomic E-state index is 10.5. The highest BCUT2D eigenvalue weighted by Gasteiger charge is 2.20. The third-order valence-electron chi connectivity index (χ3n) is 5.01. The highest BCUT2D eigenvalue weighted by atomic mass is 35.5. The van der Waals surface area contributed by atoms with Crippen LogP contribution in [0.3, 0.4) is 0 Å². The molecule has 0 aromatic heterocycles. The molecule has 27 heavy (non-hydrogen) atoms. The fourth-order valence-electron chi connectivity index (χ4n) is 3.55. The van der Waals surface area contributed by atoms with Crippen molar-refractivity contribution in [2.45, 2.75) is 20.0 Å². The van der Waals surface area contributed by atoms with E-state index >= 15 is 0 Å². The van der Waals surface area contributed by atoms with E-state index in [0.717, 1.165) is 36.3 Å². The van der Waals surface area contributed by atoms with Gasteiger partial charge in [-0.3, -0.25) is 4.90 Å². The molecule has 4 rings (SSSR count). The molecule has 4 heteroatoms. The van der Waals surface area contributed by atoms with E-state index in [4.69, 9.17) is 16.3 Å². The molecule has 0 atom stereocenters. The van der Waals surface area contributed by atoms with Crippen LogP contribution in [0.4, 0.5) is 0 Å². The molecule has 0 bridgehead atoms. The van der Waals surface area contributed by atoms with Crippen LogP contribution in [0.5, 0.6) is 11.5 Å². The van der Waals surface area contributed by atoms with Crippen molar-refractivity contribution in [3.8, 4) is 22.6 Å². The second kappa shape index (κ2) is 7.63. The number of benzene rings is 3. The lowest BCUT2D eigenvalue weighted by Gasteiger charge is -2.20. The van der Waals surface area contributed by atoms with Crippen molar-refractivity contribution < 1.29 is 9.84 Å². The van der Waals surface area contributed by atoms with Gasteiger partial charge in [0.25, 0.3) is 0 Å². The van der Waals surface area contributed by atoms with Crippen LogP contribution >= 0.6 is 11.6 Å². The fourth-order valence-corrected chi connectivity index (χ4v) is 3.74. The highest BCUT2D eigenvalue weighted by molar-refractivity contribution is 6.30. The summed E-state index contributed by atoms with van der Waals surface area (Å²) in [6, 6.07) is 20.0. The van der Waals surface area contributed by atoms with Gasteiger partial charge in [-0.05, 0) is 53.4 Å². The average Bonchev–Trinajstić information content (AvgIpc) is 2.86. The Morgan fingerprint density at radius 1 is 1.04 bits per heavy atom.